The van der Waals surface area contributed by atoms with Crippen LogP contribution >= 0.6 is 0 Å². The number of hydrogen-bond donors (Lipinski definition) is 1. The maximum absolute atomic E-state index is 10.3. The number of esters is 1. The van der Waals surface area contributed by atoms with E-state index in [0.717, 1.165) is 0 Å². The second-order valence-corrected chi connectivity index (χ2v) is 1.99. The van der Waals surface area contributed by atoms with Crippen molar-refractivity contribution in [2.45, 2.75) is 19.4 Å². The molecule has 0 spiro atoms. The Morgan fingerprint density at radius 2 is 2.12 bits per heavy atom. The zero-order valence-electron chi connectivity index (χ0n) is 4.97. The molecule has 0 rings (SSSR count). The molecule has 0 unspecified atom stereocenters. The van der Waals surface area contributed by atoms with Crippen LogP contribution in [0, 0.1) is 7.11 Å². The fourth-order valence-corrected chi connectivity index (χ4v) is 0.177. The predicted molar refractivity (Wildman–Crippen MR) is 27.7 cm³/mol. The van der Waals surface area contributed by atoms with Crippen molar-refractivity contribution in [3.05, 3.63) is 7.11 Å². The van der Waals surface area contributed by atoms with Crippen LogP contribution in [0.25, 0.3) is 0 Å². The van der Waals surface area contributed by atoms with Crippen molar-refractivity contribution in [1.29, 1.82) is 0 Å². The van der Waals surface area contributed by atoms with Gasteiger partial charge < -0.3 is 9.84 Å². The molecule has 0 saturated heterocycles. The standard InChI is InChI=1S/C5H9O3/c1-5(2,7)4(6)8-3/h7H,3H2,1-2H3. The number of rotatable bonds is 1. The van der Waals surface area contributed by atoms with Crippen molar-refractivity contribution in [1.82, 2.24) is 0 Å². The lowest BCUT2D eigenvalue weighted by molar-refractivity contribution is -0.156. The van der Waals surface area contributed by atoms with Crippen LogP contribution in [0.3, 0.4) is 0 Å². The number of carbonyl (C=O) groups excluding carboxylic acids is 1. The van der Waals surface area contributed by atoms with Crippen LogP contribution < -0.4 is 0 Å². The first-order valence-corrected chi connectivity index (χ1v) is 2.17. The molecular formula is C5H9O3. The average Bonchev–Trinajstić information content (AvgIpc) is 1.62. The van der Waals surface area contributed by atoms with Crippen LogP contribution in [0.1, 0.15) is 13.8 Å². The average molecular weight is 117 g/mol. The third-order valence-corrected chi connectivity index (χ3v) is 0.631. The van der Waals surface area contributed by atoms with Crippen molar-refractivity contribution >= 4 is 5.97 Å². The van der Waals surface area contributed by atoms with E-state index in [2.05, 4.69) is 11.8 Å². The van der Waals surface area contributed by atoms with Crippen molar-refractivity contribution in [2.24, 2.45) is 0 Å². The molecule has 1 N–H and O–H groups in total. The number of carbonyl (C=O) groups is 1. The second-order valence-electron chi connectivity index (χ2n) is 1.99. The van der Waals surface area contributed by atoms with Crippen LogP contribution in [0.15, 0.2) is 0 Å². The summed E-state index contributed by atoms with van der Waals surface area (Å²) in [7, 11) is 2.84. The van der Waals surface area contributed by atoms with Crippen molar-refractivity contribution in [3.63, 3.8) is 0 Å². The maximum atomic E-state index is 10.3. The van der Waals surface area contributed by atoms with Gasteiger partial charge in [-0.25, -0.2) is 4.79 Å². The van der Waals surface area contributed by atoms with Crippen molar-refractivity contribution in [2.75, 3.05) is 0 Å². The van der Waals surface area contributed by atoms with Crippen LogP contribution in [0.5, 0.6) is 0 Å². The van der Waals surface area contributed by atoms with Gasteiger partial charge in [-0.3, -0.25) is 0 Å². The third-order valence-electron chi connectivity index (χ3n) is 0.631. The second kappa shape index (κ2) is 2.13. The first kappa shape index (κ1) is 7.43. The summed E-state index contributed by atoms with van der Waals surface area (Å²) in [5.74, 6) is -0.725. The van der Waals surface area contributed by atoms with Gasteiger partial charge in [-0.1, -0.05) is 0 Å². The van der Waals surface area contributed by atoms with Gasteiger partial charge in [0.1, 0.15) is 7.11 Å². The summed E-state index contributed by atoms with van der Waals surface area (Å²) in [5, 5.41) is 8.77. The Hall–Kier alpha value is -0.570. The van der Waals surface area contributed by atoms with E-state index < -0.39 is 11.6 Å². The Bertz CT molecular complexity index is 90.3. The number of aliphatic hydroxyl groups is 1. The lowest BCUT2D eigenvalue weighted by atomic mass is 10.1. The molecule has 0 heterocycles. The monoisotopic (exact) mass is 117 g/mol. The summed E-state index contributed by atoms with van der Waals surface area (Å²) < 4.78 is 3.98. The Kier molecular flexibility index (Phi) is 1.98. The fraction of sp³-hybridized carbons (Fsp3) is 0.600. The van der Waals surface area contributed by atoms with Crippen molar-refractivity contribution in [3.8, 4) is 0 Å². The summed E-state index contributed by atoms with van der Waals surface area (Å²) in [4.78, 5) is 10.3. The van der Waals surface area contributed by atoms with E-state index in [9.17, 15) is 4.79 Å². The molecule has 0 aliphatic rings. The van der Waals surface area contributed by atoms with Gasteiger partial charge in [0.05, 0.1) is 0 Å². The molecule has 0 aromatic carbocycles. The quantitative estimate of drug-likeness (QED) is 0.495. The van der Waals surface area contributed by atoms with Gasteiger partial charge in [0.2, 0.25) is 0 Å². The number of hydrogen-bond acceptors (Lipinski definition) is 3. The zero-order chi connectivity index (χ0) is 6.78. The maximum Gasteiger partial charge on any atom is 0.337 e. The number of ether oxygens (including phenoxy) is 1. The molecule has 0 bridgehead atoms. The molecule has 0 amide bonds. The van der Waals surface area contributed by atoms with E-state index in [-0.39, 0.29) is 0 Å². The molecular weight excluding hydrogens is 108 g/mol. The Morgan fingerprint density at radius 1 is 1.75 bits per heavy atom. The predicted octanol–water partition coefficient (Wildman–Crippen LogP) is 0.0921. The van der Waals surface area contributed by atoms with E-state index in [0.29, 0.717) is 0 Å². The van der Waals surface area contributed by atoms with Gasteiger partial charge in [0.25, 0.3) is 0 Å². The largest absolute Gasteiger partial charge is 0.460 e. The van der Waals surface area contributed by atoms with Crippen molar-refractivity contribution < 1.29 is 14.6 Å². The highest BCUT2D eigenvalue weighted by Gasteiger charge is 2.23. The smallest absolute Gasteiger partial charge is 0.337 e. The molecule has 3 heteroatoms. The van der Waals surface area contributed by atoms with E-state index >= 15 is 0 Å². The Balaban J connectivity index is 3.82. The molecule has 8 heavy (non-hydrogen) atoms. The van der Waals surface area contributed by atoms with Gasteiger partial charge >= 0.3 is 5.97 Å². The minimum Gasteiger partial charge on any atom is -0.460 e. The van der Waals surface area contributed by atoms with E-state index in [1.165, 1.54) is 13.8 Å². The molecule has 3 nitrogen and oxygen atoms in total. The third kappa shape index (κ3) is 1.93. The molecule has 0 aliphatic heterocycles. The summed E-state index contributed by atoms with van der Waals surface area (Å²) in [6.07, 6.45) is 0. The van der Waals surface area contributed by atoms with E-state index in [4.69, 9.17) is 5.11 Å². The Labute approximate surface area is 48.3 Å². The van der Waals surface area contributed by atoms with Gasteiger partial charge in [-0.05, 0) is 13.8 Å². The highest BCUT2D eigenvalue weighted by Crippen LogP contribution is 2.01. The first-order valence-electron chi connectivity index (χ1n) is 2.17. The lowest BCUT2D eigenvalue weighted by Crippen LogP contribution is -2.31. The fourth-order valence-electron chi connectivity index (χ4n) is 0.177. The van der Waals surface area contributed by atoms with Crippen LogP contribution in [0.2, 0.25) is 0 Å². The normalized spacial score (nSPS) is 11.0. The molecule has 1 radical (unpaired) electrons. The van der Waals surface area contributed by atoms with Crippen LogP contribution in [-0.4, -0.2) is 16.7 Å². The Morgan fingerprint density at radius 3 is 2.12 bits per heavy atom. The molecule has 0 atom stereocenters. The summed E-state index contributed by atoms with van der Waals surface area (Å²) in [6.45, 7) is 2.67. The molecule has 0 aliphatic carbocycles. The van der Waals surface area contributed by atoms with E-state index in [1.807, 2.05) is 0 Å². The van der Waals surface area contributed by atoms with E-state index in [1.54, 1.807) is 0 Å². The highest BCUT2D eigenvalue weighted by molar-refractivity contribution is 5.78. The molecule has 0 saturated carbocycles. The van der Waals surface area contributed by atoms with Gasteiger partial charge in [0, 0.05) is 0 Å². The molecule has 0 aromatic rings. The molecule has 0 fully saturated rings. The van der Waals surface area contributed by atoms with Gasteiger partial charge in [0.15, 0.2) is 5.60 Å². The van der Waals surface area contributed by atoms with Gasteiger partial charge in [-0.15, -0.1) is 0 Å². The molecule has 47 valence electrons. The SMILES string of the molecule is [CH2]OC(=O)C(C)(C)O. The topological polar surface area (TPSA) is 46.5 Å². The minimum absolute atomic E-state index is 0.725. The molecule has 0 aromatic heterocycles. The summed E-state index contributed by atoms with van der Waals surface area (Å²) in [6, 6.07) is 0. The first-order chi connectivity index (χ1) is 3.48. The zero-order valence-corrected chi connectivity index (χ0v) is 4.97. The van der Waals surface area contributed by atoms with Crippen LogP contribution in [-0.2, 0) is 9.53 Å². The summed E-state index contributed by atoms with van der Waals surface area (Å²) >= 11 is 0. The lowest BCUT2D eigenvalue weighted by Gasteiger charge is -2.11. The summed E-state index contributed by atoms with van der Waals surface area (Å²) in [5.41, 5.74) is -1.41. The minimum atomic E-state index is -1.41. The van der Waals surface area contributed by atoms with Gasteiger partial charge in [-0.2, -0.15) is 0 Å². The van der Waals surface area contributed by atoms with Crippen LogP contribution in [0.4, 0.5) is 0 Å². The highest BCUT2D eigenvalue weighted by atomic mass is 16.5.